The van der Waals surface area contributed by atoms with Crippen molar-refractivity contribution in [1.29, 1.82) is 0 Å². The predicted octanol–water partition coefficient (Wildman–Crippen LogP) is 11.6. The van der Waals surface area contributed by atoms with Crippen molar-refractivity contribution in [3.05, 3.63) is 180 Å². The minimum Gasteiger partial charge on any atom is -0.307 e. The molecule has 0 aliphatic heterocycles. The molecule has 9 aromatic rings. The van der Waals surface area contributed by atoms with Crippen LogP contribution in [0.4, 0.5) is 0 Å². The van der Waals surface area contributed by atoms with E-state index >= 15 is 0 Å². The van der Waals surface area contributed by atoms with E-state index in [1.54, 1.807) is 0 Å². The summed E-state index contributed by atoms with van der Waals surface area (Å²) in [6.07, 6.45) is 2.15. The van der Waals surface area contributed by atoms with Crippen molar-refractivity contribution in [1.82, 2.24) is 9.13 Å². The molecule has 0 amide bonds. The van der Waals surface area contributed by atoms with E-state index in [9.17, 15) is 0 Å². The normalized spacial score (nSPS) is 13.9. The lowest BCUT2D eigenvalue weighted by molar-refractivity contribution is 0.730. The highest BCUT2D eigenvalue weighted by Crippen LogP contribution is 2.52. The summed E-state index contributed by atoms with van der Waals surface area (Å²) in [4.78, 5) is 0. The molecular weight excluding hydrogens is 569 g/mol. The van der Waals surface area contributed by atoms with Crippen LogP contribution in [0.5, 0.6) is 0 Å². The molecule has 0 fully saturated rings. The Labute approximate surface area is 273 Å². The number of hydrogen-bond donors (Lipinski definition) is 0. The van der Waals surface area contributed by atoms with E-state index in [1.807, 2.05) is 0 Å². The summed E-state index contributed by atoms with van der Waals surface area (Å²) in [5, 5.41) is 5.19. The number of aromatic nitrogens is 2. The Balaban J connectivity index is 1.27. The molecule has 10 rings (SSSR count). The SMILES string of the molecule is c1ccc(CCC2c3ccccc3-c3c2ccc2c3c3ccccc3n2-c2cccc3c4ccccc4n(-c4ccccc4)c23)cc1. The Kier molecular flexibility index (Phi) is 5.80. The molecular formula is C45H32N2. The van der Waals surface area contributed by atoms with Crippen molar-refractivity contribution >= 4 is 43.6 Å². The first-order valence-corrected chi connectivity index (χ1v) is 16.6. The van der Waals surface area contributed by atoms with E-state index in [-0.39, 0.29) is 0 Å². The van der Waals surface area contributed by atoms with Crippen LogP contribution >= 0.6 is 0 Å². The number of nitrogens with zero attached hydrogens (tertiary/aromatic N) is 2. The van der Waals surface area contributed by atoms with Gasteiger partial charge in [-0.25, -0.2) is 0 Å². The van der Waals surface area contributed by atoms with E-state index in [0.717, 1.165) is 12.8 Å². The first-order chi connectivity index (χ1) is 23.4. The van der Waals surface area contributed by atoms with Gasteiger partial charge in [0.15, 0.2) is 0 Å². The lowest BCUT2D eigenvalue weighted by Gasteiger charge is -2.15. The topological polar surface area (TPSA) is 9.86 Å². The van der Waals surface area contributed by atoms with E-state index in [4.69, 9.17) is 0 Å². The standard InChI is InChI=1S/C45H32N2/c1-3-14-30(15-4-1)26-27-33-32-18-7-8-20-35(32)43-36(33)28-29-41-44(43)38-21-10-12-24-40(38)47(41)42-25-13-22-37-34-19-9-11-23-39(34)46(45(37)42)31-16-5-2-6-17-31/h1-25,28-29,33H,26-27H2. The number of benzene rings is 7. The largest absolute Gasteiger partial charge is 0.307 e. The smallest absolute Gasteiger partial charge is 0.0782 e. The van der Waals surface area contributed by atoms with Gasteiger partial charge in [-0.15, -0.1) is 0 Å². The minimum atomic E-state index is 0.372. The second-order valence-corrected chi connectivity index (χ2v) is 12.8. The Morgan fingerprint density at radius 2 is 1.11 bits per heavy atom. The molecule has 2 nitrogen and oxygen atoms in total. The number of hydrogen-bond acceptors (Lipinski definition) is 0. The second-order valence-electron chi connectivity index (χ2n) is 12.8. The molecule has 1 unspecified atom stereocenters. The molecule has 0 radical (unpaired) electrons. The lowest BCUT2D eigenvalue weighted by atomic mass is 9.90. The summed E-state index contributed by atoms with van der Waals surface area (Å²) in [6, 6.07) is 60.3. The van der Waals surface area contributed by atoms with E-state index in [0.29, 0.717) is 5.92 Å². The van der Waals surface area contributed by atoms with Crippen molar-refractivity contribution in [2.45, 2.75) is 18.8 Å². The maximum atomic E-state index is 2.52. The summed E-state index contributed by atoms with van der Waals surface area (Å²) in [5.74, 6) is 0.372. The van der Waals surface area contributed by atoms with E-state index in [1.165, 1.54) is 82.8 Å². The summed E-state index contributed by atoms with van der Waals surface area (Å²) in [7, 11) is 0. The van der Waals surface area contributed by atoms with Gasteiger partial charge in [-0.1, -0.05) is 127 Å². The van der Waals surface area contributed by atoms with Gasteiger partial charge in [0.25, 0.3) is 0 Å². The van der Waals surface area contributed by atoms with Crippen LogP contribution in [0.3, 0.4) is 0 Å². The molecule has 7 aromatic carbocycles. The number of aryl methyl sites for hydroxylation is 1. The van der Waals surface area contributed by atoms with Gasteiger partial charge in [0, 0.05) is 33.2 Å². The monoisotopic (exact) mass is 600 g/mol. The maximum Gasteiger partial charge on any atom is 0.0782 e. The average Bonchev–Trinajstić information content (AvgIpc) is 3.77. The molecule has 0 spiro atoms. The van der Waals surface area contributed by atoms with Crippen LogP contribution < -0.4 is 0 Å². The number of rotatable bonds is 5. The molecule has 0 saturated carbocycles. The summed E-state index contributed by atoms with van der Waals surface area (Å²) < 4.78 is 4.97. The molecule has 0 bridgehead atoms. The fourth-order valence-electron chi connectivity index (χ4n) is 8.41. The molecule has 2 heteroatoms. The minimum absolute atomic E-state index is 0.372. The summed E-state index contributed by atoms with van der Waals surface area (Å²) in [6.45, 7) is 0. The van der Waals surface area contributed by atoms with Crippen LogP contribution in [0, 0.1) is 0 Å². The van der Waals surface area contributed by atoms with E-state index < -0.39 is 0 Å². The first kappa shape index (κ1) is 26.4. The third-order valence-corrected chi connectivity index (χ3v) is 10.3. The predicted molar refractivity (Wildman–Crippen MR) is 197 cm³/mol. The molecule has 222 valence electrons. The zero-order valence-electron chi connectivity index (χ0n) is 26.0. The third-order valence-electron chi connectivity index (χ3n) is 10.3. The highest BCUT2D eigenvalue weighted by atomic mass is 15.1. The zero-order chi connectivity index (χ0) is 30.9. The second kappa shape index (κ2) is 10.3. The van der Waals surface area contributed by atoms with Gasteiger partial charge < -0.3 is 9.13 Å². The number of para-hydroxylation sites is 4. The fraction of sp³-hybridized carbons (Fsp3) is 0.0667. The van der Waals surface area contributed by atoms with Gasteiger partial charge in [-0.05, 0) is 77.1 Å². The summed E-state index contributed by atoms with van der Waals surface area (Å²) in [5.41, 5.74) is 14.4. The van der Waals surface area contributed by atoms with Crippen LogP contribution in [-0.4, -0.2) is 9.13 Å². The Hall–Kier alpha value is -5.86. The lowest BCUT2D eigenvalue weighted by Crippen LogP contribution is -2.01. The Morgan fingerprint density at radius 3 is 1.94 bits per heavy atom. The van der Waals surface area contributed by atoms with Crippen molar-refractivity contribution in [3.8, 4) is 22.5 Å². The van der Waals surface area contributed by atoms with Crippen LogP contribution in [0.25, 0.3) is 66.1 Å². The average molecular weight is 601 g/mol. The molecule has 0 saturated heterocycles. The van der Waals surface area contributed by atoms with Gasteiger partial charge >= 0.3 is 0 Å². The highest BCUT2D eigenvalue weighted by molar-refractivity contribution is 6.19. The van der Waals surface area contributed by atoms with Gasteiger partial charge in [0.05, 0.1) is 27.8 Å². The van der Waals surface area contributed by atoms with Gasteiger partial charge in [-0.2, -0.15) is 0 Å². The fourth-order valence-corrected chi connectivity index (χ4v) is 8.41. The quantitative estimate of drug-likeness (QED) is 0.186. The van der Waals surface area contributed by atoms with E-state index in [2.05, 4.69) is 173 Å². The van der Waals surface area contributed by atoms with Crippen LogP contribution in [0.2, 0.25) is 0 Å². The Bertz CT molecular complexity index is 2620. The van der Waals surface area contributed by atoms with Gasteiger partial charge in [0.1, 0.15) is 0 Å². The van der Waals surface area contributed by atoms with Crippen LogP contribution in [-0.2, 0) is 6.42 Å². The van der Waals surface area contributed by atoms with Crippen LogP contribution in [0.15, 0.2) is 164 Å². The maximum absolute atomic E-state index is 2.52. The van der Waals surface area contributed by atoms with Crippen molar-refractivity contribution in [3.63, 3.8) is 0 Å². The van der Waals surface area contributed by atoms with Crippen molar-refractivity contribution in [2.24, 2.45) is 0 Å². The van der Waals surface area contributed by atoms with Crippen LogP contribution in [0.1, 0.15) is 29.0 Å². The molecule has 2 aromatic heterocycles. The van der Waals surface area contributed by atoms with Gasteiger partial charge in [0.2, 0.25) is 0 Å². The highest BCUT2D eigenvalue weighted by Gasteiger charge is 2.32. The molecule has 0 N–H and O–H groups in total. The molecule has 1 atom stereocenters. The van der Waals surface area contributed by atoms with Crippen molar-refractivity contribution < 1.29 is 0 Å². The Morgan fingerprint density at radius 1 is 0.447 bits per heavy atom. The molecule has 47 heavy (non-hydrogen) atoms. The van der Waals surface area contributed by atoms with Gasteiger partial charge in [-0.3, -0.25) is 0 Å². The molecule has 1 aliphatic carbocycles. The first-order valence-electron chi connectivity index (χ1n) is 16.6. The molecule has 2 heterocycles. The molecule has 1 aliphatic rings. The number of fused-ring (bicyclic) bond motifs is 10. The summed E-state index contributed by atoms with van der Waals surface area (Å²) >= 11 is 0. The zero-order valence-corrected chi connectivity index (χ0v) is 26.0. The van der Waals surface area contributed by atoms with Crippen molar-refractivity contribution in [2.75, 3.05) is 0 Å². The third kappa shape index (κ3) is 3.85.